The highest BCUT2D eigenvalue weighted by molar-refractivity contribution is 5.77. The standard InChI is InChI=1S/C12H24N2O3/c1-9(7-16-2)14-12(15)8-17-11-5-3-4-10(11)6-13/h9-11H,3-8,13H2,1-2H3,(H,14,15). The molecule has 1 aliphatic carbocycles. The SMILES string of the molecule is COCC(C)NC(=O)COC1CCCC1CN. The predicted molar refractivity (Wildman–Crippen MR) is 65.6 cm³/mol. The minimum absolute atomic E-state index is 0.0185. The van der Waals surface area contributed by atoms with Crippen LogP contribution in [0.1, 0.15) is 26.2 Å². The maximum Gasteiger partial charge on any atom is 0.246 e. The Morgan fingerprint density at radius 2 is 2.29 bits per heavy atom. The Hall–Kier alpha value is -0.650. The van der Waals surface area contributed by atoms with Crippen LogP contribution >= 0.6 is 0 Å². The summed E-state index contributed by atoms with van der Waals surface area (Å²) in [4.78, 5) is 11.6. The van der Waals surface area contributed by atoms with Gasteiger partial charge >= 0.3 is 0 Å². The van der Waals surface area contributed by atoms with Gasteiger partial charge in [0.2, 0.25) is 5.91 Å². The zero-order valence-electron chi connectivity index (χ0n) is 10.8. The number of hydrogen-bond acceptors (Lipinski definition) is 4. The van der Waals surface area contributed by atoms with Crippen LogP contribution in [0.3, 0.4) is 0 Å². The molecule has 1 rings (SSSR count). The van der Waals surface area contributed by atoms with Crippen LogP contribution < -0.4 is 11.1 Å². The van der Waals surface area contributed by atoms with Gasteiger partial charge < -0.3 is 20.5 Å². The number of nitrogens with one attached hydrogen (secondary N) is 1. The van der Waals surface area contributed by atoms with E-state index < -0.39 is 0 Å². The molecule has 0 aromatic carbocycles. The van der Waals surface area contributed by atoms with E-state index in [-0.39, 0.29) is 24.7 Å². The quantitative estimate of drug-likeness (QED) is 0.674. The van der Waals surface area contributed by atoms with Gasteiger partial charge in [-0.3, -0.25) is 4.79 Å². The van der Waals surface area contributed by atoms with Gasteiger partial charge in [-0.05, 0) is 32.2 Å². The second-order valence-corrected chi connectivity index (χ2v) is 4.70. The number of amides is 1. The summed E-state index contributed by atoms with van der Waals surface area (Å²) in [5.74, 6) is 0.330. The molecule has 0 heterocycles. The van der Waals surface area contributed by atoms with Gasteiger partial charge in [0.15, 0.2) is 0 Å². The van der Waals surface area contributed by atoms with Crippen LogP contribution in [0.2, 0.25) is 0 Å². The van der Waals surface area contributed by atoms with Crippen molar-refractivity contribution < 1.29 is 14.3 Å². The fraction of sp³-hybridized carbons (Fsp3) is 0.917. The molecule has 5 heteroatoms. The minimum atomic E-state index is -0.0859. The Balaban J connectivity index is 2.19. The van der Waals surface area contributed by atoms with Crippen molar-refractivity contribution >= 4 is 5.91 Å². The lowest BCUT2D eigenvalue weighted by Crippen LogP contribution is -2.39. The summed E-state index contributed by atoms with van der Waals surface area (Å²) in [5, 5.41) is 2.82. The van der Waals surface area contributed by atoms with Crippen molar-refractivity contribution in [2.45, 2.75) is 38.3 Å². The summed E-state index contributed by atoms with van der Waals surface area (Å²) in [6.07, 6.45) is 3.43. The van der Waals surface area contributed by atoms with Gasteiger partial charge in [0.25, 0.3) is 0 Å². The molecule has 0 bridgehead atoms. The topological polar surface area (TPSA) is 73.6 Å². The number of methoxy groups -OCH3 is 1. The molecule has 0 aromatic rings. The van der Waals surface area contributed by atoms with Crippen LogP contribution in [0.25, 0.3) is 0 Å². The molecule has 1 saturated carbocycles. The molecule has 0 radical (unpaired) electrons. The molecule has 1 amide bonds. The number of carbonyl (C=O) groups excluding carboxylic acids is 1. The number of rotatable bonds is 7. The maximum atomic E-state index is 11.6. The third-order valence-corrected chi connectivity index (χ3v) is 3.14. The van der Waals surface area contributed by atoms with Crippen LogP contribution in [0, 0.1) is 5.92 Å². The fourth-order valence-corrected chi connectivity index (χ4v) is 2.28. The molecule has 1 aliphatic rings. The third kappa shape index (κ3) is 5.02. The highest BCUT2D eigenvalue weighted by atomic mass is 16.5. The van der Waals surface area contributed by atoms with Crippen LogP contribution in [0.5, 0.6) is 0 Å². The summed E-state index contributed by atoms with van der Waals surface area (Å²) in [5.41, 5.74) is 5.65. The molecule has 1 fully saturated rings. The molecule has 3 atom stereocenters. The van der Waals surface area contributed by atoms with Crippen molar-refractivity contribution in [3.63, 3.8) is 0 Å². The molecule has 3 unspecified atom stereocenters. The summed E-state index contributed by atoms with van der Waals surface area (Å²) in [6.45, 7) is 3.18. The van der Waals surface area contributed by atoms with Crippen molar-refractivity contribution in [3.05, 3.63) is 0 Å². The zero-order valence-corrected chi connectivity index (χ0v) is 10.8. The van der Waals surface area contributed by atoms with E-state index in [1.807, 2.05) is 6.92 Å². The van der Waals surface area contributed by atoms with Crippen molar-refractivity contribution in [1.29, 1.82) is 0 Å². The summed E-state index contributed by atoms with van der Waals surface area (Å²) >= 11 is 0. The second kappa shape index (κ2) is 7.63. The Labute approximate surface area is 103 Å². The van der Waals surface area contributed by atoms with E-state index in [1.54, 1.807) is 7.11 Å². The lowest BCUT2D eigenvalue weighted by molar-refractivity contribution is -0.129. The highest BCUT2D eigenvalue weighted by Gasteiger charge is 2.27. The van der Waals surface area contributed by atoms with Gasteiger partial charge in [-0.25, -0.2) is 0 Å². The monoisotopic (exact) mass is 244 g/mol. The molecule has 0 saturated heterocycles. The van der Waals surface area contributed by atoms with Crippen LogP contribution in [-0.4, -0.2) is 44.9 Å². The van der Waals surface area contributed by atoms with Crippen molar-refractivity contribution in [2.24, 2.45) is 11.7 Å². The van der Waals surface area contributed by atoms with Gasteiger partial charge in [-0.1, -0.05) is 6.42 Å². The molecule has 17 heavy (non-hydrogen) atoms. The molecule has 0 spiro atoms. The van der Waals surface area contributed by atoms with Gasteiger partial charge in [0, 0.05) is 13.2 Å². The van der Waals surface area contributed by atoms with E-state index in [0.717, 1.165) is 19.3 Å². The van der Waals surface area contributed by atoms with E-state index in [2.05, 4.69) is 5.32 Å². The first kappa shape index (κ1) is 14.4. The van der Waals surface area contributed by atoms with E-state index in [1.165, 1.54) is 0 Å². The van der Waals surface area contributed by atoms with E-state index in [0.29, 0.717) is 19.1 Å². The Morgan fingerprint density at radius 1 is 1.53 bits per heavy atom. The molecule has 0 aliphatic heterocycles. The molecular weight excluding hydrogens is 220 g/mol. The molecule has 5 nitrogen and oxygen atoms in total. The van der Waals surface area contributed by atoms with E-state index in [9.17, 15) is 4.79 Å². The van der Waals surface area contributed by atoms with Gasteiger partial charge in [-0.15, -0.1) is 0 Å². The lowest BCUT2D eigenvalue weighted by Gasteiger charge is -2.19. The molecule has 100 valence electrons. The normalized spacial score (nSPS) is 25.8. The first-order valence-corrected chi connectivity index (χ1v) is 6.27. The maximum absolute atomic E-state index is 11.6. The van der Waals surface area contributed by atoms with E-state index in [4.69, 9.17) is 15.2 Å². The summed E-state index contributed by atoms with van der Waals surface area (Å²) in [6, 6.07) is 0.0185. The van der Waals surface area contributed by atoms with Gasteiger partial charge in [-0.2, -0.15) is 0 Å². The average molecular weight is 244 g/mol. The highest BCUT2D eigenvalue weighted by Crippen LogP contribution is 2.27. The van der Waals surface area contributed by atoms with Crippen molar-refractivity contribution in [1.82, 2.24) is 5.32 Å². The minimum Gasteiger partial charge on any atom is -0.383 e. The summed E-state index contributed by atoms with van der Waals surface area (Å²) < 4.78 is 10.6. The second-order valence-electron chi connectivity index (χ2n) is 4.70. The number of ether oxygens (including phenoxy) is 2. The van der Waals surface area contributed by atoms with Gasteiger partial charge in [0.1, 0.15) is 6.61 Å². The molecule has 0 aromatic heterocycles. The fourth-order valence-electron chi connectivity index (χ4n) is 2.28. The molecule has 3 N–H and O–H groups in total. The lowest BCUT2D eigenvalue weighted by atomic mass is 10.1. The largest absolute Gasteiger partial charge is 0.383 e. The van der Waals surface area contributed by atoms with Crippen LogP contribution in [0.15, 0.2) is 0 Å². The molecular formula is C12H24N2O3. The van der Waals surface area contributed by atoms with Crippen molar-refractivity contribution in [2.75, 3.05) is 26.9 Å². The Kier molecular flexibility index (Phi) is 6.47. The smallest absolute Gasteiger partial charge is 0.246 e. The summed E-state index contributed by atoms with van der Waals surface area (Å²) in [7, 11) is 1.61. The van der Waals surface area contributed by atoms with Crippen LogP contribution in [0.4, 0.5) is 0 Å². The van der Waals surface area contributed by atoms with E-state index >= 15 is 0 Å². The Bertz CT molecular complexity index is 236. The first-order chi connectivity index (χ1) is 8.17. The third-order valence-electron chi connectivity index (χ3n) is 3.14. The number of nitrogens with two attached hydrogens (primary N) is 1. The Morgan fingerprint density at radius 3 is 2.94 bits per heavy atom. The average Bonchev–Trinajstić information content (AvgIpc) is 2.73. The van der Waals surface area contributed by atoms with Crippen LogP contribution in [-0.2, 0) is 14.3 Å². The van der Waals surface area contributed by atoms with Gasteiger partial charge in [0.05, 0.1) is 12.7 Å². The zero-order chi connectivity index (χ0) is 12.7. The predicted octanol–water partition coefficient (Wildman–Crippen LogP) is 0.282. The number of hydrogen-bond donors (Lipinski definition) is 2. The van der Waals surface area contributed by atoms with Crippen molar-refractivity contribution in [3.8, 4) is 0 Å². The first-order valence-electron chi connectivity index (χ1n) is 6.27. The number of carbonyl (C=O) groups is 1.